The van der Waals surface area contributed by atoms with Crippen LogP contribution in [0.25, 0.3) is 0 Å². The molecule has 0 aromatic rings. The maximum atomic E-state index is 12.9. The van der Waals surface area contributed by atoms with E-state index in [1.54, 1.807) is 0 Å². The first-order chi connectivity index (χ1) is 17.3. The van der Waals surface area contributed by atoms with Crippen molar-refractivity contribution in [2.24, 2.45) is 40.4 Å². The van der Waals surface area contributed by atoms with Gasteiger partial charge in [0, 0.05) is 6.42 Å². The summed E-state index contributed by atoms with van der Waals surface area (Å²) in [6.07, 6.45) is 12.8. The quantitative estimate of drug-likeness (QED) is 0.252. The first-order valence-electron chi connectivity index (χ1n) is 14.7. The summed E-state index contributed by atoms with van der Waals surface area (Å²) < 4.78 is 5.36. The molecule has 210 valence electrons. The van der Waals surface area contributed by atoms with E-state index in [0.717, 1.165) is 48.5 Å². The molecule has 1 amide bonds. The molecule has 0 aromatic carbocycles. The van der Waals surface area contributed by atoms with Gasteiger partial charge in [-0.05, 0) is 119 Å². The average Bonchev–Trinajstić information content (AvgIpc) is 3.17. The predicted molar refractivity (Wildman–Crippen MR) is 144 cm³/mol. The van der Waals surface area contributed by atoms with E-state index in [-0.39, 0.29) is 24.0 Å². The van der Waals surface area contributed by atoms with Crippen molar-refractivity contribution >= 4 is 11.9 Å². The van der Waals surface area contributed by atoms with Crippen LogP contribution in [-0.2, 0) is 19.2 Å². The lowest BCUT2D eigenvalue weighted by Gasteiger charge is -2.58. The summed E-state index contributed by atoms with van der Waals surface area (Å²) in [6.45, 7) is 12.6. The standard InChI is InChI=1S/C31H51NO5/c1-20(8-13-27(34)32(36-7)19-28(35)37-29(2,3)4)24-11-12-25-23-10-9-21-18-22(33)14-16-30(21,5)26(23)15-17-31(24,25)6/h9,20,22-26,33H,8,10-19H2,1-7H3/t20?,22-,23-,24+,25-,26-,30-,31+/m0/s1. The molecule has 6 heteroatoms. The van der Waals surface area contributed by atoms with Gasteiger partial charge in [0.2, 0.25) is 5.91 Å². The third kappa shape index (κ3) is 5.66. The van der Waals surface area contributed by atoms with Gasteiger partial charge in [-0.25, -0.2) is 5.06 Å². The Balaban J connectivity index is 1.37. The Bertz CT molecular complexity index is 893. The SMILES string of the molecule is CON(CC(=O)OC(C)(C)C)C(=O)CCC(C)[C@H]1CC[C@H]2[C@@H]3CC=C4C[C@@H](O)CC[C@]4(C)[C@H]3CC[C@]12C. The lowest BCUT2D eigenvalue weighted by atomic mass is 9.47. The van der Waals surface area contributed by atoms with Gasteiger partial charge in [0.25, 0.3) is 0 Å². The summed E-state index contributed by atoms with van der Waals surface area (Å²) in [5.74, 6) is 2.71. The summed E-state index contributed by atoms with van der Waals surface area (Å²) in [5, 5.41) is 11.4. The highest BCUT2D eigenvalue weighted by molar-refractivity contribution is 5.81. The van der Waals surface area contributed by atoms with Crippen LogP contribution in [0.5, 0.6) is 0 Å². The minimum Gasteiger partial charge on any atom is -0.459 e. The van der Waals surface area contributed by atoms with E-state index < -0.39 is 11.6 Å². The predicted octanol–water partition coefficient (Wildman–Crippen LogP) is 6.07. The Morgan fingerprint density at radius 2 is 1.86 bits per heavy atom. The molecule has 3 fully saturated rings. The van der Waals surface area contributed by atoms with Crippen molar-refractivity contribution in [3.8, 4) is 0 Å². The second-order valence-corrected chi connectivity index (χ2v) is 14.1. The van der Waals surface area contributed by atoms with Crippen LogP contribution in [0, 0.1) is 40.4 Å². The van der Waals surface area contributed by atoms with Crippen molar-refractivity contribution < 1.29 is 24.3 Å². The largest absolute Gasteiger partial charge is 0.459 e. The maximum absolute atomic E-state index is 12.9. The Hall–Kier alpha value is -1.40. The monoisotopic (exact) mass is 517 g/mol. The van der Waals surface area contributed by atoms with Crippen molar-refractivity contribution in [2.45, 2.75) is 117 Å². The number of carbonyl (C=O) groups is 2. The topological polar surface area (TPSA) is 76.1 Å². The second kappa shape index (κ2) is 10.6. The highest BCUT2D eigenvalue weighted by atomic mass is 16.7. The number of ether oxygens (including phenoxy) is 1. The van der Waals surface area contributed by atoms with Crippen LogP contribution in [-0.4, -0.2) is 47.4 Å². The van der Waals surface area contributed by atoms with Gasteiger partial charge < -0.3 is 9.84 Å². The van der Waals surface area contributed by atoms with Gasteiger partial charge >= 0.3 is 5.97 Å². The molecule has 4 rings (SSSR count). The number of aliphatic hydroxyl groups is 1. The van der Waals surface area contributed by atoms with Gasteiger partial charge in [-0.1, -0.05) is 32.4 Å². The Labute approximate surface area is 224 Å². The summed E-state index contributed by atoms with van der Waals surface area (Å²) in [7, 11) is 1.43. The van der Waals surface area contributed by atoms with Crippen molar-refractivity contribution in [2.75, 3.05) is 13.7 Å². The van der Waals surface area contributed by atoms with Gasteiger partial charge in [0.05, 0.1) is 13.2 Å². The van der Waals surface area contributed by atoms with E-state index >= 15 is 0 Å². The minimum absolute atomic E-state index is 0.151. The van der Waals surface area contributed by atoms with Gasteiger partial charge in [-0.3, -0.25) is 14.4 Å². The third-order valence-electron chi connectivity index (χ3n) is 10.8. The third-order valence-corrected chi connectivity index (χ3v) is 10.8. The zero-order valence-electron chi connectivity index (χ0n) is 24.3. The van der Waals surface area contributed by atoms with E-state index in [0.29, 0.717) is 23.7 Å². The Morgan fingerprint density at radius 1 is 1.14 bits per heavy atom. The molecule has 6 nitrogen and oxygen atoms in total. The molecule has 0 bridgehead atoms. The van der Waals surface area contributed by atoms with E-state index in [4.69, 9.17) is 9.57 Å². The number of rotatable bonds is 7. The molecule has 37 heavy (non-hydrogen) atoms. The number of hydrogen-bond acceptors (Lipinski definition) is 5. The Morgan fingerprint density at radius 3 is 2.54 bits per heavy atom. The first-order valence-corrected chi connectivity index (χ1v) is 14.7. The molecule has 0 aromatic heterocycles. The highest BCUT2D eigenvalue weighted by Gasteiger charge is 2.59. The molecular formula is C31H51NO5. The zero-order chi connectivity index (χ0) is 27.2. The van der Waals surface area contributed by atoms with Crippen LogP contribution in [0.2, 0.25) is 0 Å². The van der Waals surface area contributed by atoms with Gasteiger partial charge in [-0.2, -0.15) is 0 Å². The number of aliphatic hydroxyl groups excluding tert-OH is 1. The van der Waals surface area contributed by atoms with Crippen molar-refractivity contribution in [1.29, 1.82) is 0 Å². The molecule has 1 N–H and O–H groups in total. The molecule has 8 atom stereocenters. The fraction of sp³-hybridized carbons (Fsp3) is 0.871. The van der Waals surface area contributed by atoms with Crippen LogP contribution in [0.1, 0.15) is 106 Å². The molecule has 1 unspecified atom stereocenters. The van der Waals surface area contributed by atoms with Gasteiger partial charge in [-0.15, -0.1) is 0 Å². The van der Waals surface area contributed by atoms with Crippen molar-refractivity contribution in [3.05, 3.63) is 11.6 Å². The van der Waals surface area contributed by atoms with E-state index in [2.05, 4.69) is 26.8 Å². The molecule has 0 radical (unpaired) electrons. The highest BCUT2D eigenvalue weighted by Crippen LogP contribution is 2.67. The number of amides is 1. The number of hydrogen-bond donors (Lipinski definition) is 1. The lowest BCUT2D eigenvalue weighted by Crippen LogP contribution is -2.50. The van der Waals surface area contributed by atoms with Crippen molar-refractivity contribution in [1.82, 2.24) is 5.06 Å². The van der Waals surface area contributed by atoms with Crippen LogP contribution >= 0.6 is 0 Å². The fourth-order valence-corrected chi connectivity index (χ4v) is 9.04. The van der Waals surface area contributed by atoms with Crippen LogP contribution < -0.4 is 0 Å². The number of nitrogens with zero attached hydrogens (tertiary/aromatic N) is 1. The van der Waals surface area contributed by atoms with Gasteiger partial charge in [0.15, 0.2) is 0 Å². The Kier molecular flexibility index (Phi) is 8.22. The van der Waals surface area contributed by atoms with E-state index in [9.17, 15) is 14.7 Å². The van der Waals surface area contributed by atoms with Crippen molar-refractivity contribution in [3.63, 3.8) is 0 Å². The van der Waals surface area contributed by atoms with E-state index in [1.807, 2.05) is 20.8 Å². The molecule has 0 heterocycles. The molecular weight excluding hydrogens is 466 g/mol. The number of esters is 1. The van der Waals surface area contributed by atoms with Crippen LogP contribution in [0.4, 0.5) is 0 Å². The number of allylic oxidation sites excluding steroid dienone is 1. The van der Waals surface area contributed by atoms with Crippen LogP contribution in [0.3, 0.4) is 0 Å². The summed E-state index contributed by atoms with van der Waals surface area (Å²) in [6, 6.07) is 0. The first kappa shape index (κ1) is 28.6. The lowest BCUT2D eigenvalue weighted by molar-refractivity contribution is -0.189. The molecule has 3 saturated carbocycles. The normalized spacial score (nSPS) is 38.1. The second-order valence-electron chi connectivity index (χ2n) is 14.1. The maximum Gasteiger partial charge on any atom is 0.328 e. The number of fused-ring (bicyclic) bond motifs is 5. The molecule has 0 saturated heterocycles. The molecule has 0 aliphatic heterocycles. The molecule has 4 aliphatic rings. The van der Waals surface area contributed by atoms with Gasteiger partial charge in [0.1, 0.15) is 12.1 Å². The molecule has 4 aliphatic carbocycles. The summed E-state index contributed by atoms with van der Waals surface area (Å²) in [5.41, 5.74) is 1.55. The molecule has 0 spiro atoms. The summed E-state index contributed by atoms with van der Waals surface area (Å²) >= 11 is 0. The average molecular weight is 518 g/mol. The smallest absolute Gasteiger partial charge is 0.328 e. The number of hydroxylamine groups is 2. The zero-order valence-corrected chi connectivity index (χ0v) is 24.3. The van der Waals surface area contributed by atoms with Crippen LogP contribution in [0.15, 0.2) is 11.6 Å². The fourth-order valence-electron chi connectivity index (χ4n) is 9.04. The van der Waals surface area contributed by atoms with E-state index in [1.165, 1.54) is 44.8 Å². The summed E-state index contributed by atoms with van der Waals surface area (Å²) in [4.78, 5) is 30.4. The minimum atomic E-state index is -0.590. The number of carbonyl (C=O) groups excluding carboxylic acids is 2.